The lowest BCUT2D eigenvalue weighted by molar-refractivity contribution is -0.126. The van der Waals surface area contributed by atoms with E-state index in [1.165, 1.54) is 0 Å². The first-order valence-corrected chi connectivity index (χ1v) is 12.0. The molecule has 0 aromatic heterocycles. The molecule has 0 saturated carbocycles. The molecule has 2 fully saturated rings. The summed E-state index contributed by atoms with van der Waals surface area (Å²) in [5.74, 6) is -0.00951. The van der Waals surface area contributed by atoms with Crippen LogP contribution in [0.25, 0.3) is 0 Å². The normalized spacial score (nSPS) is 16.8. The first-order valence-electron chi connectivity index (χ1n) is 11.2. The zero-order valence-corrected chi connectivity index (χ0v) is 19.6. The Bertz CT molecular complexity index is 978. The Labute approximate surface area is 197 Å². The summed E-state index contributed by atoms with van der Waals surface area (Å²) < 4.78 is 0.940. The van der Waals surface area contributed by atoms with Crippen LogP contribution in [0.3, 0.4) is 0 Å². The average Bonchev–Trinajstić information content (AvgIpc) is 3.37. The molecule has 0 spiro atoms. The van der Waals surface area contributed by atoms with Crippen LogP contribution < -0.4 is 5.32 Å². The van der Waals surface area contributed by atoms with E-state index in [4.69, 9.17) is 0 Å². The molecular weight excluding hydrogens is 470 g/mol. The van der Waals surface area contributed by atoms with Crippen LogP contribution in [0, 0.1) is 5.92 Å². The second-order valence-corrected chi connectivity index (χ2v) is 9.41. The minimum atomic E-state index is -0.0987. The number of benzene rings is 2. The molecule has 2 aromatic rings. The molecular formula is C25H28BrN3O3. The van der Waals surface area contributed by atoms with Crippen molar-refractivity contribution in [2.45, 2.75) is 32.2 Å². The van der Waals surface area contributed by atoms with Gasteiger partial charge in [0.2, 0.25) is 5.91 Å². The van der Waals surface area contributed by atoms with E-state index < -0.39 is 0 Å². The predicted octanol–water partition coefficient (Wildman–Crippen LogP) is 3.85. The molecule has 0 radical (unpaired) electrons. The van der Waals surface area contributed by atoms with Crippen LogP contribution in [-0.2, 0) is 11.3 Å². The molecule has 0 atom stereocenters. The fourth-order valence-corrected chi connectivity index (χ4v) is 4.63. The van der Waals surface area contributed by atoms with E-state index in [0.29, 0.717) is 43.6 Å². The van der Waals surface area contributed by atoms with Crippen molar-refractivity contribution < 1.29 is 14.4 Å². The van der Waals surface area contributed by atoms with Crippen molar-refractivity contribution in [2.24, 2.45) is 5.92 Å². The first-order chi connectivity index (χ1) is 15.5. The topological polar surface area (TPSA) is 69.7 Å². The maximum atomic E-state index is 12.7. The van der Waals surface area contributed by atoms with Gasteiger partial charge in [0.15, 0.2) is 0 Å². The smallest absolute Gasteiger partial charge is 0.253 e. The van der Waals surface area contributed by atoms with Crippen molar-refractivity contribution in [1.82, 2.24) is 15.1 Å². The van der Waals surface area contributed by atoms with Gasteiger partial charge < -0.3 is 15.1 Å². The number of hydrogen-bond donors (Lipinski definition) is 1. The van der Waals surface area contributed by atoms with Gasteiger partial charge in [-0.25, -0.2) is 0 Å². The summed E-state index contributed by atoms with van der Waals surface area (Å²) in [6, 6.07) is 14.9. The predicted molar refractivity (Wildman–Crippen MR) is 126 cm³/mol. The number of rotatable bonds is 5. The number of likely N-dealkylation sites (tertiary alicyclic amines) is 2. The molecule has 2 aliphatic heterocycles. The number of nitrogens with one attached hydrogen (secondary N) is 1. The Hall–Kier alpha value is -2.67. The number of hydrogen-bond acceptors (Lipinski definition) is 3. The SMILES string of the molecule is O=C(NCc1cccc(C(=O)N2CCCC2)c1)C1CCN(C(=O)c2ccc(Br)cc2)CC1. The van der Waals surface area contributed by atoms with Gasteiger partial charge >= 0.3 is 0 Å². The van der Waals surface area contributed by atoms with Gasteiger partial charge in [-0.05, 0) is 67.6 Å². The maximum absolute atomic E-state index is 12.7. The molecule has 0 bridgehead atoms. The third-order valence-corrected chi connectivity index (χ3v) is 6.81. The minimum Gasteiger partial charge on any atom is -0.352 e. The molecule has 0 aliphatic carbocycles. The molecule has 2 saturated heterocycles. The van der Waals surface area contributed by atoms with Gasteiger partial charge in [0, 0.05) is 54.2 Å². The van der Waals surface area contributed by atoms with Gasteiger partial charge in [-0.2, -0.15) is 0 Å². The number of halogens is 1. The van der Waals surface area contributed by atoms with E-state index in [0.717, 1.165) is 36.0 Å². The van der Waals surface area contributed by atoms with Crippen molar-refractivity contribution in [1.29, 1.82) is 0 Å². The van der Waals surface area contributed by atoms with Crippen LogP contribution in [0.4, 0.5) is 0 Å². The standard InChI is InChI=1S/C25H28BrN3O3/c26-22-8-6-20(7-9-22)24(31)29-14-10-19(11-15-29)23(30)27-17-18-4-3-5-21(16-18)25(32)28-12-1-2-13-28/h3-9,16,19H,1-2,10-15,17H2,(H,27,30). The Morgan fingerprint density at radius 3 is 2.16 bits per heavy atom. The number of amides is 3. The van der Waals surface area contributed by atoms with Crippen LogP contribution in [0.2, 0.25) is 0 Å². The van der Waals surface area contributed by atoms with E-state index in [1.54, 1.807) is 0 Å². The molecule has 7 heteroatoms. The van der Waals surface area contributed by atoms with Crippen LogP contribution in [0.15, 0.2) is 53.0 Å². The Kier molecular flexibility index (Phi) is 7.25. The zero-order valence-electron chi connectivity index (χ0n) is 18.1. The molecule has 2 aromatic carbocycles. The highest BCUT2D eigenvalue weighted by Crippen LogP contribution is 2.21. The molecule has 2 heterocycles. The minimum absolute atomic E-state index is 0.0100. The van der Waals surface area contributed by atoms with E-state index in [9.17, 15) is 14.4 Å². The summed E-state index contributed by atoms with van der Waals surface area (Å²) in [6.07, 6.45) is 3.44. The van der Waals surface area contributed by atoms with Crippen molar-refractivity contribution >= 4 is 33.7 Å². The maximum Gasteiger partial charge on any atom is 0.253 e. The van der Waals surface area contributed by atoms with Gasteiger partial charge in [0.05, 0.1) is 0 Å². The Morgan fingerprint density at radius 1 is 0.844 bits per heavy atom. The molecule has 4 rings (SSSR count). The molecule has 168 valence electrons. The lowest BCUT2D eigenvalue weighted by atomic mass is 9.95. The van der Waals surface area contributed by atoms with Crippen molar-refractivity contribution in [3.05, 3.63) is 69.7 Å². The zero-order chi connectivity index (χ0) is 22.5. The largest absolute Gasteiger partial charge is 0.352 e. The van der Waals surface area contributed by atoms with Crippen LogP contribution in [-0.4, -0.2) is 53.7 Å². The van der Waals surface area contributed by atoms with E-state index in [-0.39, 0.29) is 23.6 Å². The highest BCUT2D eigenvalue weighted by Gasteiger charge is 2.28. The molecule has 32 heavy (non-hydrogen) atoms. The fourth-order valence-electron chi connectivity index (χ4n) is 4.37. The van der Waals surface area contributed by atoms with Crippen molar-refractivity contribution in [2.75, 3.05) is 26.2 Å². The molecule has 0 unspecified atom stereocenters. The molecule has 1 N–H and O–H groups in total. The van der Waals surface area contributed by atoms with Gasteiger partial charge in [0.1, 0.15) is 0 Å². The lowest BCUT2D eigenvalue weighted by Crippen LogP contribution is -2.42. The van der Waals surface area contributed by atoms with Crippen LogP contribution in [0.1, 0.15) is 52.0 Å². The first kappa shape index (κ1) is 22.5. The third kappa shape index (κ3) is 5.38. The number of carbonyl (C=O) groups excluding carboxylic acids is 3. The number of piperidine rings is 1. The number of nitrogens with zero attached hydrogens (tertiary/aromatic N) is 2. The Morgan fingerprint density at radius 2 is 1.47 bits per heavy atom. The van der Waals surface area contributed by atoms with Crippen molar-refractivity contribution in [3.63, 3.8) is 0 Å². The molecule has 3 amide bonds. The molecule has 6 nitrogen and oxygen atoms in total. The highest BCUT2D eigenvalue weighted by molar-refractivity contribution is 9.10. The highest BCUT2D eigenvalue weighted by atomic mass is 79.9. The second kappa shape index (κ2) is 10.3. The van der Waals surface area contributed by atoms with Gasteiger partial charge in [-0.15, -0.1) is 0 Å². The summed E-state index contributed by atoms with van der Waals surface area (Å²) in [4.78, 5) is 41.7. The summed E-state index contributed by atoms with van der Waals surface area (Å²) >= 11 is 3.38. The second-order valence-electron chi connectivity index (χ2n) is 8.49. The average molecular weight is 498 g/mol. The van der Waals surface area contributed by atoms with E-state index >= 15 is 0 Å². The van der Waals surface area contributed by atoms with Gasteiger partial charge in [-0.3, -0.25) is 14.4 Å². The van der Waals surface area contributed by atoms with E-state index in [2.05, 4.69) is 21.2 Å². The molecule has 2 aliphatic rings. The van der Waals surface area contributed by atoms with Crippen molar-refractivity contribution in [3.8, 4) is 0 Å². The van der Waals surface area contributed by atoms with Gasteiger partial charge in [-0.1, -0.05) is 28.1 Å². The van der Waals surface area contributed by atoms with E-state index in [1.807, 2.05) is 58.3 Å². The summed E-state index contributed by atoms with van der Waals surface area (Å²) in [5, 5.41) is 3.01. The third-order valence-electron chi connectivity index (χ3n) is 6.28. The van der Waals surface area contributed by atoms with Crippen LogP contribution >= 0.6 is 15.9 Å². The van der Waals surface area contributed by atoms with Crippen LogP contribution in [0.5, 0.6) is 0 Å². The fraction of sp³-hybridized carbons (Fsp3) is 0.400. The quantitative estimate of drug-likeness (QED) is 0.681. The monoisotopic (exact) mass is 497 g/mol. The lowest BCUT2D eigenvalue weighted by Gasteiger charge is -2.31. The Balaban J connectivity index is 1.26. The number of carbonyl (C=O) groups is 3. The summed E-state index contributed by atoms with van der Waals surface area (Å²) in [5.41, 5.74) is 2.27. The summed E-state index contributed by atoms with van der Waals surface area (Å²) in [7, 11) is 0. The summed E-state index contributed by atoms with van der Waals surface area (Å²) in [6.45, 7) is 3.20. The van der Waals surface area contributed by atoms with Gasteiger partial charge in [0.25, 0.3) is 11.8 Å².